The molecule has 3 N–H and O–H groups in total. The molecule has 1 atom stereocenters. The first-order valence-corrected chi connectivity index (χ1v) is 6.79. The van der Waals surface area contributed by atoms with Gasteiger partial charge in [0.25, 0.3) is 0 Å². The van der Waals surface area contributed by atoms with E-state index in [4.69, 9.17) is 22.7 Å². The van der Waals surface area contributed by atoms with E-state index in [9.17, 15) is 4.79 Å². The van der Waals surface area contributed by atoms with Crippen LogP contribution in [0, 0.1) is 6.92 Å². The number of carbonyl (C=O) groups is 1. The zero-order valence-corrected chi connectivity index (χ0v) is 12.4. The molecular formula is C13H18N4O2S. The molecular weight excluding hydrogens is 276 g/mol. The molecule has 0 saturated carbocycles. The second-order valence-electron chi connectivity index (χ2n) is 4.59. The predicted molar refractivity (Wildman–Crippen MR) is 80.9 cm³/mol. The number of aromatic nitrogens is 1. The molecule has 20 heavy (non-hydrogen) atoms. The third kappa shape index (κ3) is 2.88. The fourth-order valence-electron chi connectivity index (χ4n) is 2.20. The minimum Gasteiger partial charge on any atom is -0.389 e. The molecule has 0 radical (unpaired) electrons. The number of aryl methyl sites for hydroxylation is 1. The van der Waals surface area contributed by atoms with E-state index in [1.165, 1.54) is 0 Å². The van der Waals surface area contributed by atoms with Gasteiger partial charge in [-0.05, 0) is 19.1 Å². The first-order chi connectivity index (χ1) is 9.54. The maximum atomic E-state index is 12.0. The molecule has 2 heterocycles. The van der Waals surface area contributed by atoms with Crippen LogP contribution in [0.4, 0.5) is 5.82 Å². The van der Waals surface area contributed by atoms with Gasteiger partial charge >= 0.3 is 0 Å². The van der Waals surface area contributed by atoms with Crippen molar-refractivity contribution in [3.63, 3.8) is 0 Å². The Labute approximate surface area is 123 Å². The normalized spacial score (nSPS) is 18.7. The Hall–Kier alpha value is -1.73. The van der Waals surface area contributed by atoms with Crippen LogP contribution in [-0.2, 0) is 9.53 Å². The minimum atomic E-state index is -0.420. The number of hydrogen-bond acceptors (Lipinski definition) is 5. The van der Waals surface area contributed by atoms with Gasteiger partial charge in [0, 0.05) is 19.3 Å². The Morgan fingerprint density at radius 3 is 3.00 bits per heavy atom. The summed E-state index contributed by atoms with van der Waals surface area (Å²) in [6, 6.07) is 3.28. The molecule has 108 valence electrons. The summed E-state index contributed by atoms with van der Waals surface area (Å²) in [5.74, 6) is 0.538. The predicted octanol–water partition coefficient (Wildman–Crippen LogP) is -0.0246. The van der Waals surface area contributed by atoms with Crippen molar-refractivity contribution in [1.82, 2.24) is 10.3 Å². The Morgan fingerprint density at radius 1 is 1.60 bits per heavy atom. The van der Waals surface area contributed by atoms with Crippen LogP contribution in [0.25, 0.3) is 0 Å². The number of nitrogens with one attached hydrogen (secondary N) is 1. The van der Waals surface area contributed by atoms with Crippen molar-refractivity contribution >= 4 is 28.9 Å². The summed E-state index contributed by atoms with van der Waals surface area (Å²) in [5, 5.41) is 2.65. The summed E-state index contributed by atoms with van der Waals surface area (Å²) in [5.41, 5.74) is 7.29. The number of thiocarbonyl (C=S) groups is 1. The van der Waals surface area contributed by atoms with Gasteiger partial charge < -0.3 is 20.7 Å². The molecule has 0 aromatic carbocycles. The average molecular weight is 294 g/mol. The van der Waals surface area contributed by atoms with Gasteiger partial charge in [-0.15, -0.1) is 0 Å². The first-order valence-electron chi connectivity index (χ1n) is 6.38. The van der Waals surface area contributed by atoms with Gasteiger partial charge in [-0.1, -0.05) is 12.2 Å². The van der Waals surface area contributed by atoms with Gasteiger partial charge in [0.1, 0.15) is 16.8 Å². The number of nitrogens with zero attached hydrogens (tertiary/aromatic N) is 2. The van der Waals surface area contributed by atoms with E-state index in [0.717, 1.165) is 5.69 Å². The molecule has 1 aliphatic heterocycles. The second kappa shape index (κ2) is 6.15. The lowest BCUT2D eigenvalue weighted by molar-refractivity contribution is -0.124. The number of pyridine rings is 1. The highest BCUT2D eigenvalue weighted by atomic mass is 32.1. The third-order valence-corrected chi connectivity index (χ3v) is 3.45. The van der Waals surface area contributed by atoms with E-state index in [1.54, 1.807) is 7.05 Å². The summed E-state index contributed by atoms with van der Waals surface area (Å²) in [7, 11) is 1.60. The number of amides is 1. The van der Waals surface area contributed by atoms with Crippen molar-refractivity contribution in [2.24, 2.45) is 5.73 Å². The number of nitrogens with two attached hydrogens (primary N) is 1. The summed E-state index contributed by atoms with van der Waals surface area (Å²) >= 11 is 5.07. The van der Waals surface area contributed by atoms with E-state index >= 15 is 0 Å². The number of morpholine rings is 1. The van der Waals surface area contributed by atoms with Crippen LogP contribution >= 0.6 is 12.2 Å². The molecule has 1 saturated heterocycles. The smallest absolute Gasteiger partial charge is 0.244 e. The zero-order valence-electron chi connectivity index (χ0n) is 11.5. The lowest BCUT2D eigenvalue weighted by atomic mass is 10.1. The van der Waals surface area contributed by atoms with Gasteiger partial charge in [0.2, 0.25) is 5.91 Å². The van der Waals surface area contributed by atoms with E-state index < -0.39 is 6.04 Å². The van der Waals surface area contributed by atoms with Crippen molar-refractivity contribution in [1.29, 1.82) is 0 Å². The van der Waals surface area contributed by atoms with E-state index in [-0.39, 0.29) is 10.9 Å². The lowest BCUT2D eigenvalue weighted by Crippen LogP contribution is -2.54. The van der Waals surface area contributed by atoms with Crippen LogP contribution in [0.15, 0.2) is 12.1 Å². The molecule has 1 fully saturated rings. The minimum absolute atomic E-state index is 0.109. The Morgan fingerprint density at radius 2 is 2.35 bits per heavy atom. The maximum Gasteiger partial charge on any atom is 0.244 e. The topological polar surface area (TPSA) is 80.5 Å². The van der Waals surface area contributed by atoms with Gasteiger partial charge in [0.15, 0.2) is 0 Å². The number of hydrogen-bond donors (Lipinski definition) is 2. The van der Waals surface area contributed by atoms with Crippen molar-refractivity contribution in [2.45, 2.75) is 13.0 Å². The summed E-state index contributed by atoms with van der Waals surface area (Å²) in [6.07, 6.45) is 0. The van der Waals surface area contributed by atoms with Crippen molar-refractivity contribution < 1.29 is 9.53 Å². The molecule has 6 nitrogen and oxygen atoms in total. The summed E-state index contributed by atoms with van der Waals surface area (Å²) < 4.78 is 5.39. The van der Waals surface area contributed by atoms with Crippen LogP contribution in [0.3, 0.4) is 0 Å². The quantitative estimate of drug-likeness (QED) is 0.762. The highest BCUT2D eigenvalue weighted by Crippen LogP contribution is 2.23. The van der Waals surface area contributed by atoms with Gasteiger partial charge in [-0.25, -0.2) is 4.98 Å². The first kappa shape index (κ1) is 14.7. The average Bonchev–Trinajstić information content (AvgIpc) is 2.46. The number of anilines is 1. The monoisotopic (exact) mass is 294 g/mol. The Kier molecular flexibility index (Phi) is 4.51. The van der Waals surface area contributed by atoms with Gasteiger partial charge in [0.05, 0.1) is 18.8 Å². The number of carbonyl (C=O) groups excluding carboxylic acids is 1. The molecule has 7 heteroatoms. The van der Waals surface area contributed by atoms with Gasteiger partial charge in [-0.2, -0.15) is 0 Å². The molecule has 1 unspecified atom stereocenters. The van der Waals surface area contributed by atoms with Crippen LogP contribution in [-0.4, -0.2) is 48.7 Å². The molecule has 1 amide bonds. The number of ether oxygens (including phenoxy) is 1. The summed E-state index contributed by atoms with van der Waals surface area (Å²) in [6.45, 7) is 3.33. The molecule has 1 aromatic rings. The Bertz CT molecular complexity index is 535. The fraction of sp³-hybridized carbons (Fsp3) is 0.462. The third-order valence-electron chi connectivity index (χ3n) is 3.23. The van der Waals surface area contributed by atoms with E-state index in [0.29, 0.717) is 31.1 Å². The SMILES string of the molecule is CNC(=O)C1COCCN1c1nc(C)ccc1C(N)=S. The van der Waals surface area contributed by atoms with Crippen LogP contribution in [0.1, 0.15) is 11.3 Å². The zero-order chi connectivity index (χ0) is 14.7. The van der Waals surface area contributed by atoms with Crippen molar-refractivity contribution in [3.8, 4) is 0 Å². The summed E-state index contributed by atoms with van der Waals surface area (Å²) in [4.78, 5) is 18.7. The number of likely N-dealkylation sites (N-methyl/N-ethyl adjacent to an activating group) is 1. The standard InChI is InChI=1S/C13H18N4O2S/c1-8-3-4-9(11(14)20)12(16-8)17-5-6-19-7-10(17)13(18)15-2/h3-4,10H,5-7H2,1-2H3,(H2,14,20)(H,15,18). The van der Waals surface area contributed by atoms with Crippen molar-refractivity contribution in [2.75, 3.05) is 31.7 Å². The maximum absolute atomic E-state index is 12.0. The van der Waals surface area contributed by atoms with E-state index in [1.807, 2.05) is 24.0 Å². The lowest BCUT2D eigenvalue weighted by Gasteiger charge is -2.36. The highest BCUT2D eigenvalue weighted by Gasteiger charge is 2.31. The van der Waals surface area contributed by atoms with Crippen LogP contribution < -0.4 is 16.0 Å². The highest BCUT2D eigenvalue weighted by molar-refractivity contribution is 7.80. The van der Waals surface area contributed by atoms with Crippen LogP contribution in [0.2, 0.25) is 0 Å². The Balaban J connectivity index is 2.44. The largest absolute Gasteiger partial charge is 0.389 e. The molecule has 0 spiro atoms. The van der Waals surface area contributed by atoms with Crippen molar-refractivity contribution in [3.05, 3.63) is 23.4 Å². The number of rotatable bonds is 3. The van der Waals surface area contributed by atoms with E-state index in [2.05, 4.69) is 10.3 Å². The molecule has 2 rings (SSSR count). The van der Waals surface area contributed by atoms with Gasteiger partial charge in [-0.3, -0.25) is 4.79 Å². The molecule has 0 aliphatic carbocycles. The molecule has 1 aromatic heterocycles. The molecule has 1 aliphatic rings. The second-order valence-corrected chi connectivity index (χ2v) is 5.03. The fourth-order valence-corrected chi connectivity index (χ4v) is 2.35. The van der Waals surface area contributed by atoms with Crippen LogP contribution in [0.5, 0.6) is 0 Å². The molecule has 0 bridgehead atoms.